The largest absolute Gasteiger partial charge is 0.483 e. The lowest BCUT2D eigenvalue weighted by atomic mass is 9.90. The molecule has 1 saturated heterocycles. The smallest absolute Gasteiger partial charge is 0.260 e. The summed E-state index contributed by atoms with van der Waals surface area (Å²) in [4.78, 5) is 14.9. The Hall–Kier alpha value is -4.00. The Morgan fingerprint density at radius 2 is 1.79 bits per heavy atom. The molecule has 3 aromatic carbocycles. The van der Waals surface area contributed by atoms with Gasteiger partial charge in [-0.1, -0.05) is 30.3 Å². The van der Waals surface area contributed by atoms with Crippen LogP contribution in [0.25, 0.3) is 22.0 Å². The predicted molar refractivity (Wildman–Crippen MR) is 151 cm³/mol. The van der Waals surface area contributed by atoms with Crippen LogP contribution < -0.4 is 14.2 Å². The summed E-state index contributed by atoms with van der Waals surface area (Å²) in [6, 6.07) is 20.3. The fourth-order valence-corrected chi connectivity index (χ4v) is 5.50. The number of aryl methyl sites for hydroxylation is 1. The molecule has 7 nitrogen and oxygen atoms in total. The fraction of sp³-hybridized carbons (Fsp3) is 0.375. The standard InChI is InChI=1S/C32H35N3O4/c1-21-22(2)39-31-17-24(9-12-30(31)38-21)8-7-23-13-15-35(16-14-23)32(36)20-37-29-6-4-3-5-27(29)25-10-11-28-26(18-25)19-33-34-28/h3-6,9-12,17-19,21-23H,7-8,13-16,20H2,1-2H3,(H,33,34). The molecule has 0 bridgehead atoms. The van der Waals surface area contributed by atoms with Crippen LogP contribution in [0.1, 0.15) is 38.7 Å². The number of carbonyl (C=O) groups excluding carboxylic acids is 1. The minimum atomic E-state index is 0.0451. The Morgan fingerprint density at radius 3 is 2.64 bits per heavy atom. The summed E-state index contributed by atoms with van der Waals surface area (Å²) >= 11 is 0. The molecule has 6 rings (SSSR count). The minimum Gasteiger partial charge on any atom is -0.483 e. The minimum absolute atomic E-state index is 0.0451. The molecule has 1 amide bonds. The van der Waals surface area contributed by atoms with Gasteiger partial charge < -0.3 is 19.1 Å². The molecule has 0 aliphatic carbocycles. The molecule has 39 heavy (non-hydrogen) atoms. The van der Waals surface area contributed by atoms with Gasteiger partial charge in [-0.2, -0.15) is 5.10 Å². The summed E-state index contributed by atoms with van der Waals surface area (Å²) < 4.78 is 18.0. The number of aromatic nitrogens is 2. The van der Waals surface area contributed by atoms with E-state index >= 15 is 0 Å². The van der Waals surface area contributed by atoms with Crippen molar-refractivity contribution >= 4 is 16.8 Å². The zero-order valence-corrected chi connectivity index (χ0v) is 22.6. The molecule has 2 unspecified atom stereocenters. The van der Waals surface area contributed by atoms with Gasteiger partial charge in [-0.15, -0.1) is 0 Å². The lowest BCUT2D eigenvalue weighted by Crippen LogP contribution is -2.41. The van der Waals surface area contributed by atoms with Crippen LogP contribution in [0.4, 0.5) is 0 Å². The van der Waals surface area contributed by atoms with Gasteiger partial charge in [-0.3, -0.25) is 9.89 Å². The third-order valence-electron chi connectivity index (χ3n) is 8.09. The number of H-pyrrole nitrogens is 1. The molecule has 4 aromatic rings. The van der Waals surface area contributed by atoms with Crippen LogP contribution in [0.5, 0.6) is 17.2 Å². The molecular weight excluding hydrogens is 490 g/mol. The number of nitrogens with zero attached hydrogens (tertiary/aromatic N) is 2. The van der Waals surface area contributed by atoms with Gasteiger partial charge in [0.1, 0.15) is 18.0 Å². The second-order valence-electron chi connectivity index (χ2n) is 10.7. The molecule has 202 valence electrons. The van der Waals surface area contributed by atoms with Gasteiger partial charge in [-0.25, -0.2) is 0 Å². The van der Waals surface area contributed by atoms with E-state index in [0.29, 0.717) is 11.7 Å². The summed E-state index contributed by atoms with van der Waals surface area (Å²) in [6.45, 7) is 5.68. The number of benzene rings is 3. The average Bonchev–Trinajstić information content (AvgIpc) is 3.44. The van der Waals surface area contributed by atoms with Crippen LogP contribution in [0.15, 0.2) is 66.9 Å². The molecular formula is C32H35N3O4. The van der Waals surface area contributed by atoms with Gasteiger partial charge >= 0.3 is 0 Å². The molecule has 2 aliphatic heterocycles. The normalized spacial score (nSPS) is 19.3. The summed E-state index contributed by atoms with van der Waals surface area (Å²) in [7, 11) is 0. The topological polar surface area (TPSA) is 76.7 Å². The Morgan fingerprint density at radius 1 is 1.00 bits per heavy atom. The van der Waals surface area contributed by atoms with Crippen LogP contribution in [0.2, 0.25) is 0 Å². The molecule has 0 saturated carbocycles. The Bertz CT molecular complexity index is 1460. The highest BCUT2D eigenvalue weighted by atomic mass is 16.6. The van der Waals surface area contributed by atoms with Crippen molar-refractivity contribution in [3.8, 4) is 28.4 Å². The van der Waals surface area contributed by atoms with Gasteiger partial charge in [0.05, 0.1) is 11.7 Å². The molecule has 1 aromatic heterocycles. The van der Waals surface area contributed by atoms with Gasteiger partial charge in [0.2, 0.25) is 0 Å². The first-order chi connectivity index (χ1) is 19.0. The maximum Gasteiger partial charge on any atom is 0.260 e. The highest BCUT2D eigenvalue weighted by molar-refractivity contribution is 5.85. The number of ether oxygens (including phenoxy) is 3. The zero-order chi connectivity index (χ0) is 26.8. The number of amides is 1. The zero-order valence-electron chi connectivity index (χ0n) is 22.6. The first-order valence-electron chi connectivity index (χ1n) is 13.9. The molecule has 2 aliphatic rings. The number of rotatable bonds is 7. The number of fused-ring (bicyclic) bond motifs is 2. The highest BCUT2D eigenvalue weighted by Crippen LogP contribution is 2.36. The van der Waals surface area contributed by atoms with Crippen LogP contribution >= 0.6 is 0 Å². The predicted octanol–water partition coefficient (Wildman–Crippen LogP) is 6.03. The van der Waals surface area contributed by atoms with E-state index in [2.05, 4.69) is 28.4 Å². The van der Waals surface area contributed by atoms with Crippen LogP contribution in [-0.2, 0) is 11.2 Å². The second-order valence-corrected chi connectivity index (χ2v) is 10.7. The van der Waals surface area contributed by atoms with Gasteiger partial charge in [0.15, 0.2) is 18.1 Å². The second kappa shape index (κ2) is 11.0. The number of likely N-dealkylation sites (tertiary alicyclic amines) is 1. The lowest BCUT2D eigenvalue weighted by molar-refractivity contribution is -0.134. The summed E-state index contributed by atoms with van der Waals surface area (Å²) in [6.07, 6.45) is 6.08. The Kier molecular flexibility index (Phi) is 7.14. The molecule has 7 heteroatoms. The van der Waals surface area contributed by atoms with Gasteiger partial charge in [0, 0.05) is 24.0 Å². The summed E-state index contributed by atoms with van der Waals surface area (Å²) in [5.74, 6) is 3.05. The first kappa shape index (κ1) is 25.3. The summed E-state index contributed by atoms with van der Waals surface area (Å²) in [5.41, 5.74) is 4.27. The van der Waals surface area contributed by atoms with Crippen molar-refractivity contribution in [1.29, 1.82) is 0 Å². The number of piperidine rings is 1. The van der Waals surface area contributed by atoms with Crippen LogP contribution in [-0.4, -0.2) is 52.9 Å². The molecule has 3 heterocycles. The van der Waals surface area contributed by atoms with Crippen molar-refractivity contribution in [3.63, 3.8) is 0 Å². The maximum absolute atomic E-state index is 13.0. The van der Waals surface area contributed by atoms with Crippen molar-refractivity contribution in [3.05, 3.63) is 72.4 Å². The Balaban J connectivity index is 0.994. The number of aromatic amines is 1. The van der Waals surface area contributed by atoms with Crippen molar-refractivity contribution < 1.29 is 19.0 Å². The number of hydrogen-bond donors (Lipinski definition) is 1. The molecule has 2 atom stereocenters. The van der Waals surface area contributed by atoms with Crippen LogP contribution in [0, 0.1) is 5.92 Å². The van der Waals surface area contributed by atoms with E-state index in [1.807, 2.05) is 67.4 Å². The van der Waals surface area contributed by atoms with E-state index in [-0.39, 0.29) is 24.7 Å². The third kappa shape index (κ3) is 5.58. The highest BCUT2D eigenvalue weighted by Gasteiger charge is 2.26. The maximum atomic E-state index is 13.0. The number of hydrogen-bond acceptors (Lipinski definition) is 5. The van der Waals surface area contributed by atoms with E-state index in [4.69, 9.17) is 14.2 Å². The van der Waals surface area contributed by atoms with E-state index in [1.165, 1.54) is 5.56 Å². The van der Waals surface area contributed by atoms with Crippen molar-refractivity contribution in [2.24, 2.45) is 5.92 Å². The number of carbonyl (C=O) groups is 1. The molecule has 1 fully saturated rings. The number of para-hydroxylation sites is 1. The SMILES string of the molecule is CC1Oc2ccc(CCC3CCN(C(=O)COc4ccccc4-c4ccc5[nH]ncc5c4)CC3)cc2OC1C. The van der Waals surface area contributed by atoms with Crippen molar-refractivity contribution in [2.45, 2.75) is 51.7 Å². The van der Waals surface area contributed by atoms with Crippen LogP contribution in [0.3, 0.4) is 0 Å². The van der Waals surface area contributed by atoms with Gasteiger partial charge in [-0.05, 0) is 86.9 Å². The van der Waals surface area contributed by atoms with E-state index in [9.17, 15) is 4.79 Å². The lowest BCUT2D eigenvalue weighted by Gasteiger charge is -2.32. The number of nitrogens with one attached hydrogen (secondary N) is 1. The van der Waals surface area contributed by atoms with Gasteiger partial charge in [0.25, 0.3) is 5.91 Å². The monoisotopic (exact) mass is 525 g/mol. The molecule has 0 radical (unpaired) electrons. The summed E-state index contributed by atoms with van der Waals surface area (Å²) in [5, 5.41) is 8.13. The Labute approximate surface area is 229 Å². The fourth-order valence-electron chi connectivity index (χ4n) is 5.50. The molecule has 1 N–H and O–H groups in total. The van der Waals surface area contributed by atoms with E-state index in [1.54, 1.807) is 0 Å². The van der Waals surface area contributed by atoms with E-state index in [0.717, 1.165) is 72.3 Å². The van der Waals surface area contributed by atoms with Crippen molar-refractivity contribution in [1.82, 2.24) is 15.1 Å². The van der Waals surface area contributed by atoms with E-state index < -0.39 is 0 Å². The first-order valence-corrected chi connectivity index (χ1v) is 13.9. The van der Waals surface area contributed by atoms with Crippen molar-refractivity contribution in [2.75, 3.05) is 19.7 Å². The molecule has 0 spiro atoms. The third-order valence-corrected chi connectivity index (χ3v) is 8.09. The average molecular weight is 526 g/mol. The quantitative estimate of drug-likeness (QED) is 0.319.